The van der Waals surface area contributed by atoms with Crippen LogP contribution in [-0.4, -0.2) is 51.9 Å². The zero-order valence-corrected chi connectivity index (χ0v) is 13.1. The van der Waals surface area contributed by atoms with Crippen molar-refractivity contribution in [2.24, 2.45) is 5.73 Å². The summed E-state index contributed by atoms with van der Waals surface area (Å²) in [6.07, 6.45) is -0.0644. The third kappa shape index (κ3) is 9.34. The molecular formula is C11H23N3O6S. The maximum absolute atomic E-state index is 11.7. The summed E-state index contributed by atoms with van der Waals surface area (Å²) in [7, 11) is -3.64. The number of sulfonamides is 1. The van der Waals surface area contributed by atoms with Crippen LogP contribution in [0.25, 0.3) is 0 Å². The summed E-state index contributed by atoms with van der Waals surface area (Å²) in [4.78, 5) is 25.1. The van der Waals surface area contributed by atoms with Gasteiger partial charge in [-0.25, -0.2) is 13.8 Å². The van der Waals surface area contributed by atoms with Crippen molar-refractivity contribution < 1.29 is 27.5 Å². The van der Waals surface area contributed by atoms with E-state index in [1.54, 1.807) is 13.8 Å². The van der Waals surface area contributed by atoms with Gasteiger partial charge in [0.15, 0.2) is 0 Å². The molecule has 0 radical (unpaired) electrons. The van der Waals surface area contributed by atoms with Gasteiger partial charge in [-0.3, -0.25) is 9.59 Å². The van der Waals surface area contributed by atoms with Crippen molar-refractivity contribution in [1.82, 2.24) is 10.3 Å². The Bertz CT molecular complexity index is 426. The minimum Gasteiger partial charge on any atom is -0.466 e. The van der Waals surface area contributed by atoms with Gasteiger partial charge in [0.25, 0.3) is 0 Å². The molecule has 0 aliphatic carbocycles. The zero-order valence-electron chi connectivity index (χ0n) is 12.3. The van der Waals surface area contributed by atoms with E-state index in [1.165, 1.54) is 0 Å². The molecule has 0 amide bonds. The minimum absolute atomic E-state index is 0.111. The summed E-state index contributed by atoms with van der Waals surface area (Å²) in [6.45, 7) is 3.73. The molecule has 0 aliphatic heterocycles. The molecule has 0 heterocycles. The topological polar surface area (TPSA) is 137 Å². The monoisotopic (exact) mass is 325 g/mol. The summed E-state index contributed by atoms with van der Waals surface area (Å²) in [5, 5.41) is 0. The fraction of sp³-hybridized carbons (Fsp3) is 0.818. The number of hydrogen-bond donors (Lipinski definition) is 3. The average molecular weight is 325 g/mol. The minimum atomic E-state index is -3.64. The Hall–Kier alpha value is -1.23. The molecule has 4 N–H and O–H groups in total. The van der Waals surface area contributed by atoms with Crippen molar-refractivity contribution in [3.05, 3.63) is 0 Å². The molecule has 1 atom stereocenters. The van der Waals surface area contributed by atoms with Gasteiger partial charge < -0.3 is 15.2 Å². The SMILES string of the molecule is CCOC(=O)C[C@H](NNS(=O)(=O)CCCN)C(=O)OCC. The molecule has 0 aliphatic rings. The van der Waals surface area contributed by atoms with Gasteiger partial charge in [0.2, 0.25) is 10.0 Å². The number of nitrogens with one attached hydrogen (secondary N) is 2. The lowest BCUT2D eigenvalue weighted by Crippen LogP contribution is -2.50. The Morgan fingerprint density at radius 1 is 1.19 bits per heavy atom. The van der Waals surface area contributed by atoms with E-state index in [9.17, 15) is 18.0 Å². The van der Waals surface area contributed by atoms with E-state index in [-0.39, 0.29) is 38.4 Å². The summed E-state index contributed by atoms with van der Waals surface area (Å²) >= 11 is 0. The molecule has 0 bridgehead atoms. The molecule has 0 unspecified atom stereocenters. The van der Waals surface area contributed by atoms with Gasteiger partial charge in [-0.2, -0.15) is 4.83 Å². The number of esters is 2. The highest BCUT2D eigenvalue weighted by Crippen LogP contribution is 1.99. The molecule has 0 aromatic rings. The van der Waals surface area contributed by atoms with Gasteiger partial charge in [0.1, 0.15) is 6.04 Å². The predicted octanol–water partition coefficient (Wildman–Crippen LogP) is -1.36. The van der Waals surface area contributed by atoms with Gasteiger partial charge in [0.05, 0.1) is 25.4 Å². The Morgan fingerprint density at radius 2 is 1.81 bits per heavy atom. The van der Waals surface area contributed by atoms with Crippen LogP contribution in [0.15, 0.2) is 0 Å². The van der Waals surface area contributed by atoms with Crippen molar-refractivity contribution in [2.45, 2.75) is 32.7 Å². The van der Waals surface area contributed by atoms with E-state index in [4.69, 9.17) is 15.2 Å². The lowest BCUT2D eigenvalue weighted by atomic mass is 10.2. The molecule has 0 spiro atoms. The van der Waals surface area contributed by atoms with Crippen LogP contribution in [0.2, 0.25) is 0 Å². The van der Waals surface area contributed by atoms with Crippen LogP contribution < -0.4 is 16.0 Å². The maximum Gasteiger partial charge on any atom is 0.325 e. The summed E-state index contributed by atoms with van der Waals surface area (Å²) in [6, 6.07) is -1.16. The fourth-order valence-electron chi connectivity index (χ4n) is 1.31. The van der Waals surface area contributed by atoms with Gasteiger partial charge in [-0.15, -0.1) is 0 Å². The van der Waals surface area contributed by atoms with E-state index in [0.29, 0.717) is 0 Å². The van der Waals surface area contributed by atoms with Gasteiger partial charge in [0, 0.05) is 0 Å². The molecule has 0 aromatic heterocycles. The lowest BCUT2D eigenvalue weighted by molar-refractivity contribution is -0.152. The van der Waals surface area contributed by atoms with E-state index < -0.39 is 28.0 Å². The summed E-state index contributed by atoms with van der Waals surface area (Å²) < 4.78 is 32.7. The van der Waals surface area contributed by atoms with Crippen molar-refractivity contribution in [3.63, 3.8) is 0 Å². The molecule has 124 valence electrons. The second-order valence-corrected chi connectivity index (χ2v) is 5.86. The third-order valence-corrected chi connectivity index (χ3v) is 3.51. The second kappa shape index (κ2) is 10.5. The lowest BCUT2D eigenvalue weighted by Gasteiger charge is -2.17. The van der Waals surface area contributed by atoms with Crippen LogP contribution >= 0.6 is 0 Å². The molecule has 0 fully saturated rings. The van der Waals surface area contributed by atoms with Gasteiger partial charge in [-0.05, 0) is 26.8 Å². The molecule has 0 saturated carbocycles. The quantitative estimate of drug-likeness (QED) is 0.313. The highest BCUT2D eigenvalue weighted by Gasteiger charge is 2.25. The molecule has 0 rings (SSSR count). The summed E-state index contributed by atoms with van der Waals surface area (Å²) in [5.41, 5.74) is 7.52. The zero-order chi connectivity index (χ0) is 16.3. The van der Waals surface area contributed by atoms with Crippen LogP contribution in [0.3, 0.4) is 0 Å². The van der Waals surface area contributed by atoms with E-state index in [1.807, 2.05) is 4.83 Å². The first-order valence-corrected chi connectivity index (χ1v) is 8.28. The highest BCUT2D eigenvalue weighted by molar-refractivity contribution is 7.89. The van der Waals surface area contributed by atoms with Crippen LogP contribution in [0.1, 0.15) is 26.7 Å². The van der Waals surface area contributed by atoms with Crippen molar-refractivity contribution in [2.75, 3.05) is 25.5 Å². The number of hydrogen-bond acceptors (Lipinski definition) is 8. The molecule has 9 nitrogen and oxygen atoms in total. The largest absolute Gasteiger partial charge is 0.466 e. The smallest absolute Gasteiger partial charge is 0.325 e. The summed E-state index contributed by atoms with van der Waals surface area (Å²) in [5.74, 6) is -1.57. The van der Waals surface area contributed by atoms with E-state index in [2.05, 4.69) is 5.43 Å². The Balaban J connectivity index is 4.60. The number of nitrogens with two attached hydrogens (primary N) is 1. The number of carbonyl (C=O) groups is 2. The Kier molecular flexibility index (Phi) is 9.88. The van der Waals surface area contributed by atoms with E-state index in [0.717, 1.165) is 0 Å². The van der Waals surface area contributed by atoms with Crippen LogP contribution in [0.5, 0.6) is 0 Å². The predicted molar refractivity (Wildman–Crippen MR) is 75.4 cm³/mol. The number of ether oxygens (including phenoxy) is 2. The average Bonchev–Trinajstić information content (AvgIpc) is 2.41. The molecule has 21 heavy (non-hydrogen) atoms. The first kappa shape index (κ1) is 19.8. The number of rotatable bonds is 11. The van der Waals surface area contributed by atoms with E-state index >= 15 is 0 Å². The Morgan fingerprint density at radius 3 is 2.33 bits per heavy atom. The Labute approximate surface area is 124 Å². The van der Waals surface area contributed by atoms with Crippen LogP contribution in [0.4, 0.5) is 0 Å². The van der Waals surface area contributed by atoms with Crippen molar-refractivity contribution >= 4 is 22.0 Å². The first-order chi connectivity index (χ1) is 9.86. The fourth-order valence-corrected chi connectivity index (χ4v) is 2.28. The number of carbonyl (C=O) groups excluding carboxylic acids is 2. The second-order valence-electron chi connectivity index (χ2n) is 4.02. The van der Waals surface area contributed by atoms with Gasteiger partial charge in [-0.1, -0.05) is 0 Å². The highest BCUT2D eigenvalue weighted by atomic mass is 32.2. The van der Waals surface area contributed by atoms with Crippen LogP contribution in [-0.2, 0) is 29.1 Å². The molecular weight excluding hydrogens is 302 g/mol. The molecule has 10 heteroatoms. The molecule has 0 saturated heterocycles. The van der Waals surface area contributed by atoms with Crippen LogP contribution in [0, 0.1) is 0 Å². The number of hydrazine groups is 1. The maximum atomic E-state index is 11.7. The third-order valence-electron chi connectivity index (χ3n) is 2.25. The molecule has 0 aromatic carbocycles. The van der Waals surface area contributed by atoms with Crippen molar-refractivity contribution in [1.29, 1.82) is 0 Å². The van der Waals surface area contributed by atoms with Gasteiger partial charge >= 0.3 is 11.9 Å². The van der Waals surface area contributed by atoms with Crippen molar-refractivity contribution in [3.8, 4) is 0 Å². The first-order valence-electron chi connectivity index (χ1n) is 6.63. The normalized spacial score (nSPS) is 12.7. The standard InChI is InChI=1S/C11H23N3O6S/c1-3-19-10(15)8-9(11(16)20-4-2)13-14-21(17,18)7-5-6-12/h9,13-14H,3-8,12H2,1-2H3/t9-/m0/s1.